The van der Waals surface area contributed by atoms with E-state index in [2.05, 4.69) is 18.0 Å². The summed E-state index contributed by atoms with van der Waals surface area (Å²) in [6, 6.07) is 12.0. The summed E-state index contributed by atoms with van der Waals surface area (Å²) in [5, 5.41) is 10.3. The average molecular weight is 486 g/mol. The molecule has 0 fully saturated rings. The van der Waals surface area contributed by atoms with Crippen LogP contribution < -0.4 is 20.5 Å². The van der Waals surface area contributed by atoms with Gasteiger partial charge in [-0.2, -0.15) is 10.3 Å². The van der Waals surface area contributed by atoms with Gasteiger partial charge in [0.1, 0.15) is 17.4 Å². The van der Waals surface area contributed by atoms with Gasteiger partial charge in [-0.3, -0.25) is 14.0 Å². The number of hydrogen-bond donors (Lipinski definition) is 0. The largest absolute Gasteiger partial charge is 0.493 e. The fraction of sp³-hybridized carbons (Fsp3) is 0.296. The number of aromatic nitrogens is 3. The maximum Gasteiger partial charge on any atom is 0.279 e. The van der Waals surface area contributed by atoms with Crippen molar-refractivity contribution in [1.29, 1.82) is 5.26 Å². The molecule has 3 aromatic heterocycles. The number of pyridine rings is 2. The Morgan fingerprint density at radius 1 is 1.11 bits per heavy atom. The molecule has 4 rings (SSSR count). The van der Waals surface area contributed by atoms with Gasteiger partial charge in [0.25, 0.3) is 11.5 Å². The van der Waals surface area contributed by atoms with Crippen LogP contribution in [0, 0.1) is 18.3 Å². The molecular weight excluding hydrogens is 458 g/mol. The second kappa shape index (κ2) is 10.4. The molecule has 0 radical (unpaired) electrons. The number of unbranched alkanes of at least 4 members (excludes halogenated alkanes) is 2. The van der Waals surface area contributed by atoms with Crippen molar-refractivity contribution in [2.75, 3.05) is 14.2 Å². The van der Waals surface area contributed by atoms with Crippen molar-refractivity contribution < 1.29 is 14.3 Å². The first-order valence-electron chi connectivity index (χ1n) is 11.7. The van der Waals surface area contributed by atoms with Gasteiger partial charge in [0, 0.05) is 18.3 Å². The molecule has 1 aromatic carbocycles. The van der Waals surface area contributed by atoms with Crippen LogP contribution in [0.4, 0.5) is 0 Å². The number of amides is 1. The fourth-order valence-electron chi connectivity index (χ4n) is 4.15. The molecule has 0 aliphatic rings. The van der Waals surface area contributed by atoms with Gasteiger partial charge in [-0.1, -0.05) is 25.8 Å². The summed E-state index contributed by atoms with van der Waals surface area (Å²) in [5.41, 5.74) is 2.03. The molecular formula is C27H27N5O4. The van der Waals surface area contributed by atoms with Gasteiger partial charge in [-0.25, -0.2) is 4.98 Å². The van der Waals surface area contributed by atoms with Gasteiger partial charge >= 0.3 is 0 Å². The Kier molecular flexibility index (Phi) is 7.15. The monoisotopic (exact) mass is 485 g/mol. The maximum atomic E-state index is 13.4. The number of rotatable bonds is 7. The van der Waals surface area contributed by atoms with E-state index in [0.717, 1.165) is 24.8 Å². The number of nitriles is 1. The molecule has 3 heterocycles. The van der Waals surface area contributed by atoms with E-state index >= 15 is 0 Å². The highest BCUT2D eigenvalue weighted by atomic mass is 16.5. The smallest absolute Gasteiger partial charge is 0.279 e. The molecule has 0 unspecified atom stereocenters. The van der Waals surface area contributed by atoms with Crippen LogP contribution in [0.3, 0.4) is 0 Å². The Bertz CT molecular complexity index is 1640. The number of carbonyl (C=O) groups excluding carboxylic acids is 1. The van der Waals surface area contributed by atoms with Crippen LogP contribution in [0.5, 0.6) is 11.5 Å². The number of carbonyl (C=O) groups is 1. The lowest BCUT2D eigenvalue weighted by Gasteiger charge is -2.14. The standard InChI is InChI=1S/C27H27N5O4/c1-5-6-7-12-31-24(30-26(33)18-10-11-21(35-3)22(15-18)36-4)19(16-28)14-20-25(31)29-23-17(2)9-8-13-32(23)27(20)34/h8-11,13-15H,5-7,12H2,1-4H3. The van der Waals surface area contributed by atoms with Crippen molar-refractivity contribution in [1.82, 2.24) is 14.0 Å². The molecule has 0 aliphatic carbocycles. The van der Waals surface area contributed by atoms with E-state index in [4.69, 9.17) is 14.5 Å². The minimum Gasteiger partial charge on any atom is -0.493 e. The number of aryl methyl sites for hydroxylation is 2. The minimum atomic E-state index is -0.551. The second-order valence-electron chi connectivity index (χ2n) is 8.38. The van der Waals surface area contributed by atoms with Crippen LogP contribution in [0.2, 0.25) is 0 Å². The van der Waals surface area contributed by atoms with Crippen LogP contribution in [-0.2, 0) is 6.54 Å². The average Bonchev–Trinajstić information content (AvgIpc) is 2.89. The minimum absolute atomic E-state index is 0.124. The highest BCUT2D eigenvalue weighted by Gasteiger charge is 2.17. The third-order valence-electron chi connectivity index (χ3n) is 6.05. The molecule has 0 aliphatic heterocycles. The predicted octanol–water partition coefficient (Wildman–Crippen LogP) is 3.78. The number of hydrogen-bond acceptors (Lipinski definition) is 6. The van der Waals surface area contributed by atoms with E-state index in [1.165, 1.54) is 24.7 Å². The zero-order chi connectivity index (χ0) is 25.8. The molecule has 0 saturated carbocycles. The van der Waals surface area contributed by atoms with E-state index in [1.54, 1.807) is 35.0 Å². The van der Waals surface area contributed by atoms with Crippen molar-refractivity contribution >= 4 is 22.6 Å². The predicted molar refractivity (Wildman–Crippen MR) is 135 cm³/mol. The van der Waals surface area contributed by atoms with Crippen molar-refractivity contribution in [3.05, 3.63) is 75.1 Å². The molecule has 0 N–H and O–H groups in total. The van der Waals surface area contributed by atoms with Crippen molar-refractivity contribution in [2.45, 2.75) is 39.7 Å². The lowest BCUT2D eigenvalue weighted by molar-refractivity contribution is 0.0996. The molecule has 0 bridgehead atoms. The van der Waals surface area contributed by atoms with Gasteiger partial charge in [0.15, 0.2) is 17.0 Å². The highest BCUT2D eigenvalue weighted by Crippen LogP contribution is 2.27. The summed E-state index contributed by atoms with van der Waals surface area (Å²) in [6.07, 6.45) is 4.34. The van der Waals surface area contributed by atoms with Crippen molar-refractivity contribution in [3.8, 4) is 17.6 Å². The molecule has 184 valence electrons. The molecule has 4 aromatic rings. The summed E-state index contributed by atoms with van der Waals surface area (Å²) >= 11 is 0. The third-order valence-corrected chi connectivity index (χ3v) is 6.05. The van der Waals surface area contributed by atoms with E-state index in [9.17, 15) is 14.9 Å². The lowest BCUT2D eigenvalue weighted by atomic mass is 10.1. The Balaban J connectivity index is 2.03. The second-order valence-corrected chi connectivity index (χ2v) is 8.38. The summed E-state index contributed by atoms with van der Waals surface area (Å²) in [5.74, 6) is 0.328. The summed E-state index contributed by atoms with van der Waals surface area (Å²) in [7, 11) is 3.00. The van der Waals surface area contributed by atoms with Crippen molar-refractivity contribution in [2.24, 2.45) is 4.99 Å². The van der Waals surface area contributed by atoms with Crippen LogP contribution in [-0.4, -0.2) is 34.1 Å². The van der Waals surface area contributed by atoms with Crippen molar-refractivity contribution in [3.63, 3.8) is 0 Å². The van der Waals surface area contributed by atoms with Crippen LogP contribution in [0.15, 0.2) is 52.4 Å². The Morgan fingerprint density at radius 3 is 2.58 bits per heavy atom. The summed E-state index contributed by atoms with van der Waals surface area (Å²) in [4.78, 5) is 35.7. The maximum absolute atomic E-state index is 13.4. The number of methoxy groups -OCH3 is 2. The number of benzene rings is 1. The Hall–Kier alpha value is -4.45. The quantitative estimate of drug-likeness (QED) is 0.291. The number of fused-ring (bicyclic) bond motifs is 2. The summed E-state index contributed by atoms with van der Waals surface area (Å²) < 4.78 is 13.8. The summed E-state index contributed by atoms with van der Waals surface area (Å²) in [6.45, 7) is 4.42. The molecule has 9 heteroatoms. The van der Waals surface area contributed by atoms with Gasteiger partial charge < -0.3 is 14.0 Å². The topological polar surface area (TPSA) is 111 Å². The molecule has 36 heavy (non-hydrogen) atoms. The third kappa shape index (κ3) is 4.45. The zero-order valence-corrected chi connectivity index (χ0v) is 20.7. The van der Waals surface area contributed by atoms with Gasteiger partial charge in [0.2, 0.25) is 0 Å². The van der Waals surface area contributed by atoms with Crippen LogP contribution >= 0.6 is 0 Å². The van der Waals surface area contributed by atoms with E-state index in [0.29, 0.717) is 34.7 Å². The van der Waals surface area contributed by atoms with E-state index in [1.807, 2.05) is 13.0 Å². The Labute approximate surface area is 207 Å². The van der Waals surface area contributed by atoms with Gasteiger partial charge in [-0.05, 0) is 49.2 Å². The molecule has 1 amide bonds. The molecule has 0 saturated heterocycles. The van der Waals surface area contributed by atoms with Gasteiger partial charge in [0.05, 0.1) is 25.2 Å². The fourth-order valence-corrected chi connectivity index (χ4v) is 4.15. The first kappa shape index (κ1) is 24.7. The van der Waals surface area contributed by atoms with E-state index in [-0.39, 0.29) is 22.2 Å². The van der Waals surface area contributed by atoms with Crippen LogP contribution in [0.1, 0.15) is 47.7 Å². The Morgan fingerprint density at radius 2 is 1.89 bits per heavy atom. The van der Waals surface area contributed by atoms with Gasteiger partial charge in [-0.15, -0.1) is 0 Å². The number of nitrogens with zero attached hydrogens (tertiary/aromatic N) is 5. The highest BCUT2D eigenvalue weighted by molar-refractivity contribution is 5.95. The SMILES string of the molecule is CCCCCn1c(=NC(=O)c2ccc(OC)c(OC)c2)c(C#N)cc2c(=O)n3cccc(C)c3nc21. The van der Waals surface area contributed by atoms with E-state index < -0.39 is 5.91 Å². The zero-order valence-electron chi connectivity index (χ0n) is 20.7. The van der Waals surface area contributed by atoms with Crippen LogP contribution in [0.25, 0.3) is 16.7 Å². The first-order valence-corrected chi connectivity index (χ1v) is 11.7. The lowest BCUT2D eigenvalue weighted by Crippen LogP contribution is -2.29. The first-order chi connectivity index (χ1) is 17.4. The molecule has 0 spiro atoms. The normalized spacial score (nSPS) is 11.6. The molecule has 9 nitrogen and oxygen atoms in total. The molecule has 0 atom stereocenters. The number of ether oxygens (including phenoxy) is 2.